The third-order valence-electron chi connectivity index (χ3n) is 2.97. The molecule has 0 bridgehead atoms. The van der Waals surface area contributed by atoms with E-state index in [9.17, 15) is 10.1 Å². The number of aryl methyl sites for hydroxylation is 1. The first-order chi connectivity index (χ1) is 8.68. The standard InChI is InChI=1S/C12H17N3O3/c1-9-3-2-4-11(15(16)17)12(9)14-7-10-8-18-6-5-13-10/h2-4,10,13-14H,5-8H2,1H3. The van der Waals surface area contributed by atoms with Crippen LogP contribution in [0.2, 0.25) is 0 Å². The van der Waals surface area contributed by atoms with E-state index in [1.165, 1.54) is 6.07 Å². The second-order valence-corrected chi connectivity index (χ2v) is 4.33. The fourth-order valence-corrected chi connectivity index (χ4v) is 2.01. The Hall–Kier alpha value is -1.66. The number of nitro groups is 1. The third-order valence-corrected chi connectivity index (χ3v) is 2.97. The monoisotopic (exact) mass is 251 g/mol. The van der Waals surface area contributed by atoms with E-state index in [1.54, 1.807) is 6.07 Å². The lowest BCUT2D eigenvalue weighted by Crippen LogP contribution is -2.45. The van der Waals surface area contributed by atoms with Crippen LogP contribution in [0, 0.1) is 17.0 Å². The summed E-state index contributed by atoms with van der Waals surface area (Å²) in [5.74, 6) is 0. The molecule has 1 aromatic carbocycles. The summed E-state index contributed by atoms with van der Waals surface area (Å²) in [4.78, 5) is 10.6. The Labute approximate surface area is 105 Å². The lowest BCUT2D eigenvalue weighted by Gasteiger charge is -2.24. The van der Waals surface area contributed by atoms with Crippen LogP contribution in [0.4, 0.5) is 11.4 Å². The number of ether oxygens (including phenoxy) is 1. The van der Waals surface area contributed by atoms with Gasteiger partial charge in [-0.1, -0.05) is 12.1 Å². The summed E-state index contributed by atoms with van der Waals surface area (Å²) < 4.78 is 5.34. The number of rotatable bonds is 4. The predicted octanol–water partition coefficient (Wildman–Crippen LogP) is 1.30. The van der Waals surface area contributed by atoms with Crippen LogP contribution in [0.3, 0.4) is 0 Å². The molecule has 1 aliphatic rings. The van der Waals surface area contributed by atoms with Crippen molar-refractivity contribution in [2.75, 3.05) is 31.6 Å². The zero-order chi connectivity index (χ0) is 13.0. The van der Waals surface area contributed by atoms with E-state index < -0.39 is 0 Å². The molecule has 0 aromatic heterocycles. The number of para-hydroxylation sites is 1. The van der Waals surface area contributed by atoms with Gasteiger partial charge in [0.15, 0.2) is 0 Å². The summed E-state index contributed by atoms with van der Waals surface area (Å²) in [6, 6.07) is 5.26. The van der Waals surface area contributed by atoms with Gasteiger partial charge in [-0.15, -0.1) is 0 Å². The first-order valence-electron chi connectivity index (χ1n) is 5.97. The largest absolute Gasteiger partial charge is 0.378 e. The van der Waals surface area contributed by atoms with E-state index >= 15 is 0 Å². The van der Waals surface area contributed by atoms with Crippen LogP contribution in [0.15, 0.2) is 18.2 Å². The summed E-state index contributed by atoms with van der Waals surface area (Å²) in [6.07, 6.45) is 0. The number of nitrogens with zero attached hydrogens (tertiary/aromatic N) is 1. The summed E-state index contributed by atoms with van der Waals surface area (Å²) in [6.45, 7) is 4.65. The topological polar surface area (TPSA) is 76.4 Å². The Bertz CT molecular complexity index is 431. The molecule has 18 heavy (non-hydrogen) atoms. The van der Waals surface area contributed by atoms with Crippen LogP contribution in [0.1, 0.15) is 5.56 Å². The number of benzene rings is 1. The highest BCUT2D eigenvalue weighted by Gasteiger charge is 2.18. The van der Waals surface area contributed by atoms with E-state index in [0.717, 1.165) is 18.7 Å². The summed E-state index contributed by atoms with van der Waals surface area (Å²) in [5.41, 5.74) is 1.59. The molecular formula is C12H17N3O3. The molecular weight excluding hydrogens is 234 g/mol. The summed E-state index contributed by atoms with van der Waals surface area (Å²) in [5, 5.41) is 17.4. The van der Waals surface area contributed by atoms with E-state index in [2.05, 4.69) is 10.6 Å². The number of morpholine rings is 1. The molecule has 1 heterocycles. The van der Waals surface area contributed by atoms with Crippen molar-refractivity contribution in [3.05, 3.63) is 33.9 Å². The second kappa shape index (κ2) is 5.79. The molecule has 1 saturated heterocycles. The molecule has 0 amide bonds. The molecule has 0 radical (unpaired) electrons. The first kappa shape index (κ1) is 12.8. The lowest BCUT2D eigenvalue weighted by atomic mass is 10.1. The van der Waals surface area contributed by atoms with Gasteiger partial charge in [-0.2, -0.15) is 0 Å². The molecule has 1 fully saturated rings. The van der Waals surface area contributed by atoms with Crippen molar-refractivity contribution in [2.45, 2.75) is 13.0 Å². The van der Waals surface area contributed by atoms with Gasteiger partial charge in [-0.25, -0.2) is 0 Å². The van der Waals surface area contributed by atoms with Crippen molar-refractivity contribution in [2.24, 2.45) is 0 Å². The highest BCUT2D eigenvalue weighted by Crippen LogP contribution is 2.27. The van der Waals surface area contributed by atoms with Crippen molar-refractivity contribution in [1.29, 1.82) is 0 Å². The van der Waals surface area contributed by atoms with E-state index in [0.29, 0.717) is 18.8 Å². The molecule has 1 aliphatic heterocycles. The smallest absolute Gasteiger partial charge is 0.292 e. The SMILES string of the molecule is Cc1cccc([N+](=O)[O-])c1NCC1COCCN1. The molecule has 0 saturated carbocycles. The number of hydrogen-bond donors (Lipinski definition) is 2. The average molecular weight is 251 g/mol. The van der Waals surface area contributed by atoms with Gasteiger partial charge >= 0.3 is 0 Å². The maximum atomic E-state index is 11.0. The van der Waals surface area contributed by atoms with Crippen molar-refractivity contribution >= 4 is 11.4 Å². The normalized spacial score (nSPS) is 19.5. The zero-order valence-corrected chi connectivity index (χ0v) is 10.3. The number of nitro benzene ring substituents is 1. The minimum atomic E-state index is -0.361. The average Bonchev–Trinajstić information content (AvgIpc) is 2.38. The molecule has 2 N–H and O–H groups in total. The quantitative estimate of drug-likeness (QED) is 0.623. The van der Waals surface area contributed by atoms with Crippen LogP contribution in [-0.2, 0) is 4.74 Å². The molecule has 6 nitrogen and oxygen atoms in total. The number of hydrogen-bond acceptors (Lipinski definition) is 5. The Balaban J connectivity index is 2.05. The maximum Gasteiger partial charge on any atom is 0.292 e. The Morgan fingerprint density at radius 2 is 2.44 bits per heavy atom. The molecule has 0 aliphatic carbocycles. The van der Waals surface area contributed by atoms with Gasteiger partial charge in [-0.05, 0) is 12.5 Å². The Morgan fingerprint density at radius 1 is 1.61 bits per heavy atom. The molecule has 1 aromatic rings. The molecule has 1 atom stereocenters. The van der Waals surface area contributed by atoms with Crippen LogP contribution in [0.25, 0.3) is 0 Å². The molecule has 2 rings (SSSR count). The maximum absolute atomic E-state index is 11.0. The first-order valence-corrected chi connectivity index (χ1v) is 5.97. The zero-order valence-electron chi connectivity index (χ0n) is 10.3. The number of nitrogens with one attached hydrogen (secondary N) is 2. The minimum Gasteiger partial charge on any atom is -0.378 e. The molecule has 6 heteroatoms. The number of anilines is 1. The van der Waals surface area contributed by atoms with Gasteiger partial charge in [0.05, 0.1) is 18.1 Å². The summed E-state index contributed by atoms with van der Waals surface area (Å²) in [7, 11) is 0. The van der Waals surface area contributed by atoms with Crippen molar-refractivity contribution < 1.29 is 9.66 Å². The Morgan fingerprint density at radius 3 is 3.11 bits per heavy atom. The van der Waals surface area contributed by atoms with Crippen molar-refractivity contribution in [1.82, 2.24) is 5.32 Å². The van der Waals surface area contributed by atoms with Crippen molar-refractivity contribution in [3.8, 4) is 0 Å². The van der Waals surface area contributed by atoms with Crippen LogP contribution in [0.5, 0.6) is 0 Å². The van der Waals surface area contributed by atoms with E-state index in [-0.39, 0.29) is 16.7 Å². The van der Waals surface area contributed by atoms with Crippen LogP contribution < -0.4 is 10.6 Å². The van der Waals surface area contributed by atoms with E-state index in [1.807, 2.05) is 13.0 Å². The fourth-order valence-electron chi connectivity index (χ4n) is 2.01. The Kier molecular flexibility index (Phi) is 4.11. The second-order valence-electron chi connectivity index (χ2n) is 4.33. The molecule has 1 unspecified atom stereocenters. The minimum absolute atomic E-state index is 0.117. The highest BCUT2D eigenvalue weighted by molar-refractivity contribution is 5.66. The van der Waals surface area contributed by atoms with Crippen LogP contribution >= 0.6 is 0 Å². The van der Waals surface area contributed by atoms with Gasteiger partial charge in [0.1, 0.15) is 5.69 Å². The fraction of sp³-hybridized carbons (Fsp3) is 0.500. The third kappa shape index (κ3) is 2.96. The van der Waals surface area contributed by atoms with Crippen LogP contribution in [-0.4, -0.2) is 37.3 Å². The lowest BCUT2D eigenvalue weighted by molar-refractivity contribution is -0.384. The highest BCUT2D eigenvalue weighted by atomic mass is 16.6. The summed E-state index contributed by atoms with van der Waals surface area (Å²) >= 11 is 0. The van der Waals surface area contributed by atoms with E-state index in [4.69, 9.17) is 4.74 Å². The van der Waals surface area contributed by atoms with Gasteiger partial charge in [0, 0.05) is 25.2 Å². The van der Waals surface area contributed by atoms with Gasteiger partial charge in [0.2, 0.25) is 0 Å². The predicted molar refractivity (Wildman–Crippen MR) is 68.9 cm³/mol. The molecule has 0 spiro atoms. The van der Waals surface area contributed by atoms with Gasteiger partial charge < -0.3 is 15.4 Å². The van der Waals surface area contributed by atoms with Gasteiger partial charge in [0.25, 0.3) is 5.69 Å². The molecule has 98 valence electrons. The van der Waals surface area contributed by atoms with Gasteiger partial charge in [-0.3, -0.25) is 10.1 Å². The van der Waals surface area contributed by atoms with Crippen molar-refractivity contribution in [3.63, 3.8) is 0 Å².